The Morgan fingerprint density at radius 1 is 1.00 bits per heavy atom. The highest BCUT2D eigenvalue weighted by atomic mass is 16.5. The average molecular weight is 370 g/mol. The van der Waals surface area contributed by atoms with Gasteiger partial charge in [-0.05, 0) is 57.2 Å². The van der Waals surface area contributed by atoms with Gasteiger partial charge >= 0.3 is 0 Å². The Morgan fingerprint density at radius 2 is 1.78 bits per heavy atom. The summed E-state index contributed by atoms with van der Waals surface area (Å²) in [4.78, 5) is 2.56. The quantitative estimate of drug-likeness (QED) is 0.827. The number of rotatable bonds is 4. The standard InChI is InChI=1S/C21H30N4O2/c1-16-22-23-20-6-7-21(10-13-25(16)20)8-11-24(12-9-21)15-17-4-5-18(26-2)14-19(17)27-3/h4-5,14H,6-13,15H2,1-3H3. The predicted octanol–water partition coefficient (Wildman–Crippen LogP) is 3.22. The summed E-state index contributed by atoms with van der Waals surface area (Å²) >= 11 is 0. The number of piperidine rings is 1. The minimum Gasteiger partial charge on any atom is -0.497 e. The van der Waals surface area contributed by atoms with Crippen molar-refractivity contribution in [2.75, 3.05) is 27.3 Å². The summed E-state index contributed by atoms with van der Waals surface area (Å²) in [7, 11) is 3.42. The lowest BCUT2D eigenvalue weighted by atomic mass is 9.72. The summed E-state index contributed by atoms with van der Waals surface area (Å²) < 4.78 is 13.2. The summed E-state index contributed by atoms with van der Waals surface area (Å²) in [5.41, 5.74) is 1.70. The largest absolute Gasteiger partial charge is 0.497 e. The van der Waals surface area contributed by atoms with Gasteiger partial charge in [-0.2, -0.15) is 0 Å². The van der Waals surface area contributed by atoms with Gasteiger partial charge in [0.1, 0.15) is 23.1 Å². The molecule has 146 valence electrons. The van der Waals surface area contributed by atoms with E-state index in [1.54, 1.807) is 14.2 Å². The maximum absolute atomic E-state index is 5.57. The van der Waals surface area contributed by atoms with Gasteiger partial charge in [0.05, 0.1) is 14.2 Å². The van der Waals surface area contributed by atoms with E-state index in [0.717, 1.165) is 49.9 Å². The van der Waals surface area contributed by atoms with Crippen molar-refractivity contribution in [2.45, 2.75) is 52.1 Å². The van der Waals surface area contributed by atoms with Crippen molar-refractivity contribution in [3.8, 4) is 11.5 Å². The number of aromatic nitrogens is 3. The number of benzene rings is 1. The zero-order valence-corrected chi connectivity index (χ0v) is 16.7. The Bertz CT molecular complexity index is 793. The number of hydrogen-bond acceptors (Lipinski definition) is 5. The van der Waals surface area contributed by atoms with Crippen LogP contribution in [0.2, 0.25) is 0 Å². The van der Waals surface area contributed by atoms with E-state index < -0.39 is 0 Å². The first-order valence-electron chi connectivity index (χ1n) is 9.94. The van der Waals surface area contributed by atoms with Crippen molar-refractivity contribution >= 4 is 0 Å². The van der Waals surface area contributed by atoms with Crippen LogP contribution >= 0.6 is 0 Å². The van der Waals surface area contributed by atoms with Crippen LogP contribution < -0.4 is 9.47 Å². The van der Waals surface area contributed by atoms with E-state index in [9.17, 15) is 0 Å². The van der Waals surface area contributed by atoms with Gasteiger partial charge in [-0.25, -0.2) is 0 Å². The molecule has 27 heavy (non-hydrogen) atoms. The van der Waals surface area contributed by atoms with Gasteiger partial charge in [0.15, 0.2) is 0 Å². The Morgan fingerprint density at radius 3 is 2.52 bits per heavy atom. The van der Waals surface area contributed by atoms with Crippen LogP contribution in [0.3, 0.4) is 0 Å². The topological polar surface area (TPSA) is 52.4 Å². The fourth-order valence-corrected chi connectivity index (χ4v) is 4.66. The molecule has 6 heteroatoms. The Kier molecular flexibility index (Phi) is 5.08. The van der Waals surface area contributed by atoms with E-state index >= 15 is 0 Å². The molecule has 0 radical (unpaired) electrons. The number of aryl methyl sites for hydroxylation is 2. The van der Waals surface area contributed by atoms with Crippen LogP contribution in [0.1, 0.15) is 42.9 Å². The molecule has 0 aliphatic carbocycles. The third kappa shape index (κ3) is 3.68. The van der Waals surface area contributed by atoms with E-state index in [2.05, 4.69) is 32.7 Å². The lowest BCUT2D eigenvalue weighted by molar-refractivity contribution is 0.0821. The lowest BCUT2D eigenvalue weighted by Crippen LogP contribution is -2.40. The third-order valence-corrected chi connectivity index (χ3v) is 6.56. The van der Waals surface area contributed by atoms with Gasteiger partial charge in [0.2, 0.25) is 0 Å². The SMILES string of the molecule is COc1ccc(CN2CCC3(CCc4nnc(C)n4CC3)CC2)c(OC)c1. The summed E-state index contributed by atoms with van der Waals surface area (Å²) in [5.74, 6) is 3.99. The van der Waals surface area contributed by atoms with Crippen molar-refractivity contribution in [2.24, 2.45) is 5.41 Å². The minimum atomic E-state index is 0.466. The van der Waals surface area contributed by atoms with Crippen LogP contribution in [-0.2, 0) is 19.5 Å². The molecule has 1 spiro atoms. The highest BCUT2D eigenvalue weighted by molar-refractivity contribution is 5.40. The monoisotopic (exact) mass is 370 g/mol. The van der Waals surface area contributed by atoms with Crippen LogP contribution in [0.5, 0.6) is 11.5 Å². The molecule has 0 atom stereocenters. The second-order valence-corrected chi connectivity index (χ2v) is 8.02. The fourth-order valence-electron chi connectivity index (χ4n) is 4.66. The van der Waals surface area contributed by atoms with Crippen LogP contribution in [-0.4, -0.2) is 47.0 Å². The summed E-state index contributed by atoms with van der Waals surface area (Å²) in [5, 5.41) is 8.62. The molecule has 1 saturated heterocycles. The highest BCUT2D eigenvalue weighted by Gasteiger charge is 2.36. The molecule has 4 rings (SSSR count). The van der Waals surface area contributed by atoms with E-state index in [-0.39, 0.29) is 0 Å². The molecule has 0 saturated carbocycles. The summed E-state index contributed by atoms with van der Waals surface area (Å²) in [6, 6.07) is 6.12. The van der Waals surface area contributed by atoms with Crippen molar-refractivity contribution in [3.63, 3.8) is 0 Å². The number of hydrogen-bond donors (Lipinski definition) is 0. The molecule has 0 N–H and O–H groups in total. The van der Waals surface area contributed by atoms with E-state index in [0.29, 0.717) is 5.41 Å². The minimum absolute atomic E-state index is 0.466. The number of nitrogens with zero attached hydrogens (tertiary/aromatic N) is 4. The Labute approximate surface area is 161 Å². The number of fused-ring (bicyclic) bond motifs is 1. The van der Waals surface area contributed by atoms with Crippen molar-refractivity contribution in [3.05, 3.63) is 35.4 Å². The second-order valence-electron chi connectivity index (χ2n) is 8.02. The average Bonchev–Trinajstić information content (AvgIpc) is 2.96. The molecular formula is C21H30N4O2. The predicted molar refractivity (Wildman–Crippen MR) is 104 cm³/mol. The van der Waals surface area contributed by atoms with Gasteiger partial charge in [-0.3, -0.25) is 4.90 Å². The first kappa shape index (κ1) is 18.3. The normalized spacial score (nSPS) is 19.5. The zero-order valence-electron chi connectivity index (χ0n) is 16.7. The van der Waals surface area contributed by atoms with E-state index in [1.165, 1.54) is 37.1 Å². The maximum Gasteiger partial charge on any atom is 0.133 e. The Hall–Kier alpha value is -2.08. The van der Waals surface area contributed by atoms with Gasteiger partial charge in [-0.15, -0.1) is 10.2 Å². The maximum atomic E-state index is 5.57. The van der Waals surface area contributed by atoms with Crippen molar-refractivity contribution in [1.82, 2.24) is 19.7 Å². The van der Waals surface area contributed by atoms with E-state index in [1.807, 2.05) is 12.1 Å². The first-order chi connectivity index (χ1) is 13.1. The molecule has 2 aliphatic heterocycles. The molecule has 2 aromatic rings. The zero-order chi connectivity index (χ0) is 18.9. The molecule has 1 aromatic heterocycles. The van der Waals surface area contributed by atoms with Crippen LogP contribution in [0.25, 0.3) is 0 Å². The fraction of sp³-hybridized carbons (Fsp3) is 0.619. The second kappa shape index (κ2) is 7.50. The van der Waals surface area contributed by atoms with Gasteiger partial charge in [-0.1, -0.05) is 6.07 Å². The molecule has 6 nitrogen and oxygen atoms in total. The van der Waals surface area contributed by atoms with Crippen molar-refractivity contribution in [1.29, 1.82) is 0 Å². The number of likely N-dealkylation sites (tertiary alicyclic amines) is 1. The molecule has 0 bridgehead atoms. The Balaban J connectivity index is 1.38. The molecular weight excluding hydrogens is 340 g/mol. The van der Waals surface area contributed by atoms with Crippen LogP contribution in [0.15, 0.2) is 18.2 Å². The first-order valence-corrected chi connectivity index (χ1v) is 9.94. The lowest BCUT2D eigenvalue weighted by Gasteiger charge is -2.41. The molecule has 0 amide bonds. The van der Waals surface area contributed by atoms with Crippen LogP contribution in [0.4, 0.5) is 0 Å². The van der Waals surface area contributed by atoms with Gasteiger partial charge in [0.25, 0.3) is 0 Å². The molecule has 3 heterocycles. The smallest absolute Gasteiger partial charge is 0.133 e. The van der Waals surface area contributed by atoms with Crippen molar-refractivity contribution < 1.29 is 9.47 Å². The van der Waals surface area contributed by atoms with Gasteiger partial charge < -0.3 is 14.0 Å². The van der Waals surface area contributed by atoms with Crippen LogP contribution in [0, 0.1) is 12.3 Å². The van der Waals surface area contributed by atoms with E-state index in [4.69, 9.17) is 9.47 Å². The molecule has 1 aromatic carbocycles. The summed E-state index contributed by atoms with van der Waals surface area (Å²) in [6.07, 6.45) is 6.09. The number of ether oxygens (including phenoxy) is 2. The van der Waals surface area contributed by atoms with Gasteiger partial charge in [0, 0.05) is 31.1 Å². The third-order valence-electron chi connectivity index (χ3n) is 6.56. The highest BCUT2D eigenvalue weighted by Crippen LogP contribution is 2.42. The molecule has 1 fully saturated rings. The summed E-state index contributed by atoms with van der Waals surface area (Å²) in [6.45, 7) is 6.37. The molecule has 0 unspecified atom stereocenters. The number of methoxy groups -OCH3 is 2. The molecule has 2 aliphatic rings.